The van der Waals surface area contributed by atoms with Gasteiger partial charge in [-0.25, -0.2) is 9.18 Å². The summed E-state index contributed by atoms with van der Waals surface area (Å²) in [7, 11) is 2.04. The molecule has 33 heavy (non-hydrogen) atoms. The molecular weight excluding hydrogens is 417 g/mol. The average Bonchev–Trinajstić information content (AvgIpc) is 2.84. The summed E-state index contributed by atoms with van der Waals surface area (Å²) < 4.78 is 14.8. The number of amides is 2. The molecule has 3 aromatic carbocycles. The maximum Gasteiger partial charge on any atom is 0.324 e. The molecule has 6 heteroatoms. The van der Waals surface area contributed by atoms with Crippen molar-refractivity contribution in [3.63, 3.8) is 0 Å². The van der Waals surface area contributed by atoms with Crippen molar-refractivity contribution in [3.05, 3.63) is 89.7 Å². The highest BCUT2D eigenvalue weighted by Gasteiger charge is 2.26. The summed E-state index contributed by atoms with van der Waals surface area (Å²) in [4.78, 5) is 30.7. The fraction of sp³-hybridized carbons (Fsp3) is 0.259. The van der Waals surface area contributed by atoms with Crippen molar-refractivity contribution in [1.29, 1.82) is 0 Å². The van der Waals surface area contributed by atoms with Gasteiger partial charge in [0.25, 0.3) is 0 Å². The van der Waals surface area contributed by atoms with Crippen LogP contribution in [0.1, 0.15) is 22.8 Å². The van der Waals surface area contributed by atoms with E-state index in [1.165, 1.54) is 13.0 Å². The van der Waals surface area contributed by atoms with Crippen LogP contribution in [-0.4, -0.2) is 54.8 Å². The van der Waals surface area contributed by atoms with E-state index in [-0.39, 0.29) is 18.4 Å². The van der Waals surface area contributed by atoms with Crippen molar-refractivity contribution < 1.29 is 14.0 Å². The standard InChI is InChI=1S/C27H28FN3O2/c1-20(32)23-8-9-24(26(28)18-23)19-31(27(33)30-16-14-29(2)15-17-30)25-12-10-22(11-13-25)21-6-4-3-5-7-21/h3-13,18H,14-17,19H2,1-2H3. The minimum atomic E-state index is -0.486. The number of urea groups is 1. The highest BCUT2D eigenvalue weighted by atomic mass is 19.1. The second kappa shape index (κ2) is 9.96. The van der Waals surface area contributed by atoms with Gasteiger partial charge in [-0.3, -0.25) is 9.69 Å². The Kier molecular flexibility index (Phi) is 6.84. The Bertz CT molecular complexity index is 1120. The number of halogens is 1. The van der Waals surface area contributed by atoms with Crippen molar-refractivity contribution >= 4 is 17.5 Å². The Labute approximate surface area is 194 Å². The summed E-state index contributed by atoms with van der Waals surface area (Å²) in [5.41, 5.74) is 3.53. The van der Waals surface area contributed by atoms with E-state index in [4.69, 9.17) is 0 Å². The van der Waals surface area contributed by atoms with Gasteiger partial charge in [-0.2, -0.15) is 0 Å². The first kappa shape index (κ1) is 22.7. The Hall–Kier alpha value is -3.51. The smallest absolute Gasteiger partial charge is 0.322 e. The Morgan fingerprint density at radius 1 is 0.879 bits per heavy atom. The minimum Gasteiger partial charge on any atom is -0.322 e. The molecule has 2 amide bonds. The third kappa shape index (κ3) is 5.29. The van der Waals surface area contributed by atoms with Gasteiger partial charge in [0.2, 0.25) is 0 Å². The zero-order valence-corrected chi connectivity index (χ0v) is 19.0. The number of anilines is 1. The SMILES string of the molecule is CC(=O)c1ccc(CN(C(=O)N2CCN(C)CC2)c2ccc(-c3ccccc3)cc2)c(F)c1. The number of hydrogen-bond acceptors (Lipinski definition) is 3. The van der Waals surface area contributed by atoms with Gasteiger partial charge in [0.15, 0.2) is 5.78 Å². The summed E-state index contributed by atoms with van der Waals surface area (Å²) in [6.07, 6.45) is 0. The van der Waals surface area contributed by atoms with Gasteiger partial charge in [0.05, 0.1) is 6.54 Å². The molecule has 170 valence electrons. The summed E-state index contributed by atoms with van der Waals surface area (Å²) in [6.45, 7) is 4.34. The number of carbonyl (C=O) groups excluding carboxylic acids is 2. The Balaban J connectivity index is 1.64. The average molecular weight is 446 g/mol. The molecule has 0 saturated carbocycles. The number of Topliss-reactive ketones (excluding diaryl/α,β-unsaturated/α-hetero) is 1. The molecule has 0 bridgehead atoms. The number of hydrogen-bond donors (Lipinski definition) is 0. The topological polar surface area (TPSA) is 43.9 Å². The lowest BCUT2D eigenvalue weighted by molar-refractivity contribution is 0.101. The van der Waals surface area contributed by atoms with Crippen LogP contribution in [0.15, 0.2) is 72.8 Å². The molecule has 0 atom stereocenters. The number of piperazine rings is 1. The lowest BCUT2D eigenvalue weighted by Gasteiger charge is -2.36. The van der Waals surface area contributed by atoms with Gasteiger partial charge in [-0.05, 0) is 43.3 Å². The summed E-state index contributed by atoms with van der Waals surface area (Å²) in [5.74, 6) is -0.679. The number of benzene rings is 3. The second-order valence-electron chi connectivity index (χ2n) is 8.43. The lowest BCUT2D eigenvalue weighted by atomic mass is 10.0. The molecule has 0 aliphatic carbocycles. The van der Waals surface area contributed by atoms with Crippen LogP contribution in [0.3, 0.4) is 0 Å². The molecule has 3 aromatic rings. The van der Waals surface area contributed by atoms with Crippen LogP contribution in [0.5, 0.6) is 0 Å². The van der Waals surface area contributed by atoms with Crippen LogP contribution in [0.4, 0.5) is 14.9 Å². The monoisotopic (exact) mass is 445 g/mol. The van der Waals surface area contributed by atoms with Crippen molar-refractivity contribution in [2.45, 2.75) is 13.5 Å². The summed E-state index contributed by atoms with van der Waals surface area (Å²) >= 11 is 0. The molecule has 0 aromatic heterocycles. The van der Waals surface area contributed by atoms with Crippen LogP contribution < -0.4 is 4.90 Å². The van der Waals surface area contributed by atoms with Gasteiger partial charge in [0, 0.05) is 43.0 Å². The molecule has 1 fully saturated rings. The van der Waals surface area contributed by atoms with Gasteiger partial charge in [-0.15, -0.1) is 0 Å². The quantitative estimate of drug-likeness (QED) is 0.515. The van der Waals surface area contributed by atoms with Crippen molar-refractivity contribution in [2.75, 3.05) is 38.1 Å². The van der Waals surface area contributed by atoms with Crippen molar-refractivity contribution in [1.82, 2.24) is 9.80 Å². The zero-order chi connectivity index (χ0) is 23.4. The molecule has 5 nitrogen and oxygen atoms in total. The Morgan fingerprint density at radius 2 is 1.52 bits per heavy atom. The predicted molar refractivity (Wildman–Crippen MR) is 129 cm³/mol. The third-order valence-corrected chi connectivity index (χ3v) is 6.08. The molecule has 4 rings (SSSR count). The highest BCUT2D eigenvalue weighted by Crippen LogP contribution is 2.26. The van der Waals surface area contributed by atoms with E-state index in [1.807, 2.05) is 66.5 Å². The van der Waals surface area contributed by atoms with E-state index in [2.05, 4.69) is 4.90 Å². The van der Waals surface area contributed by atoms with Crippen molar-refractivity contribution in [2.24, 2.45) is 0 Å². The predicted octanol–water partition coefficient (Wildman–Crippen LogP) is 5.07. The molecule has 0 spiro atoms. The van der Waals surface area contributed by atoms with Crippen molar-refractivity contribution in [3.8, 4) is 11.1 Å². The van der Waals surface area contributed by atoms with Crippen LogP contribution in [0.2, 0.25) is 0 Å². The van der Waals surface area contributed by atoms with Crippen LogP contribution in [-0.2, 0) is 6.54 Å². The van der Waals surface area contributed by atoms with E-state index in [0.717, 1.165) is 24.2 Å². The van der Waals surface area contributed by atoms with Crippen LogP contribution in [0, 0.1) is 5.82 Å². The van der Waals surface area contributed by atoms with Crippen LogP contribution in [0.25, 0.3) is 11.1 Å². The van der Waals surface area contributed by atoms with Crippen LogP contribution >= 0.6 is 0 Å². The normalized spacial score (nSPS) is 14.2. The largest absolute Gasteiger partial charge is 0.324 e. The number of rotatable bonds is 5. The van der Waals surface area contributed by atoms with E-state index in [0.29, 0.717) is 29.9 Å². The van der Waals surface area contributed by atoms with E-state index >= 15 is 0 Å². The number of ketones is 1. The summed E-state index contributed by atoms with van der Waals surface area (Å²) in [6, 6.07) is 22.1. The second-order valence-corrected chi connectivity index (χ2v) is 8.43. The van der Waals surface area contributed by atoms with E-state index in [1.54, 1.807) is 17.0 Å². The molecule has 1 aliphatic heterocycles. The maximum atomic E-state index is 14.8. The lowest BCUT2D eigenvalue weighted by Crippen LogP contribution is -2.52. The third-order valence-electron chi connectivity index (χ3n) is 6.08. The van der Waals surface area contributed by atoms with Gasteiger partial charge in [-0.1, -0.05) is 54.6 Å². The number of nitrogens with zero attached hydrogens (tertiary/aromatic N) is 3. The molecular formula is C27H28FN3O2. The molecule has 1 aliphatic rings. The van der Waals surface area contributed by atoms with Gasteiger partial charge in [0.1, 0.15) is 5.82 Å². The summed E-state index contributed by atoms with van der Waals surface area (Å²) in [5, 5.41) is 0. The molecule has 0 unspecified atom stereocenters. The van der Waals surface area contributed by atoms with Gasteiger partial charge >= 0.3 is 6.03 Å². The first-order chi connectivity index (χ1) is 15.9. The highest BCUT2D eigenvalue weighted by molar-refractivity contribution is 5.94. The van der Waals surface area contributed by atoms with E-state index in [9.17, 15) is 14.0 Å². The molecule has 1 saturated heterocycles. The number of carbonyl (C=O) groups is 2. The molecule has 0 N–H and O–H groups in total. The zero-order valence-electron chi connectivity index (χ0n) is 19.0. The number of likely N-dealkylation sites (N-methyl/N-ethyl adjacent to an activating group) is 1. The first-order valence-corrected chi connectivity index (χ1v) is 11.1. The minimum absolute atomic E-state index is 0.0832. The molecule has 1 heterocycles. The first-order valence-electron chi connectivity index (χ1n) is 11.1. The maximum absolute atomic E-state index is 14.8. The fourth-order valence-electron chi connectivity index (χ4n) is 3.97. The van der Waals surface area contributed by atoms with E-state index < -0.39 is 5.82 Å². The Morgan fingerprint density at radius 3 is 2.12 bits per heavy atom. The fourth-order valence-corrected chi connectivity index (χ4v) is 3.97. The molecule has 0 radical (unpaired) electrons. The van der Waals surface area contributed by atoms with Gasteiger partial charge < -0.3 is 9.80 Å².